The van der Waals surface area contributed by atoms with E-state index in [1.165, 1.54) is 25.7 Å². The Kier molecular flexibility index (Phi) is 7.88. The molecular formula is C12H25NO2. The van der Waals surface area contributed by atoms with Crippen LogP contribution < -0.4 is 5.32 Å². The van der Waals surface area contributed by atoms with Gasteiger partial charge >= 0.3 is 0 Å². The Labute approximate surface area is 93.2 Å². The molecule has 0 spiro atoms. The molecule has 1 fully saturated rings. The number of nitrogens with one attached hydrogen (secondary N) is 1. The average Bonchev–Trinajstić information content (AvgIpc) is 2.29. The van der Waals surface area contributed by atoms with Gasteiger partial charge in [0, 0.05) is 13.2 Å². The molecule has 0 aromatic heterocycles. The van der Waals surface area contributed by atoms with Crippen molar-refractivity contribution >= 4 is 0 Å². The highest BCUT2D eigenvalue weighted by Crippen LogP contribution is 2.14. The van der Waals surface area contributed by atoms with Crippen molar-refractivity contribution in [1.82, 2.24) is 5.32 Å². The molecule has 1 unspecified atom stereocenters. The Hall–Kier alpha value is -0.120. The van der Waals surface area contributed by atoms with E-state index >= 15 is 0 Å². The number of ether oxygens (including phenoxy) is 1. The van der Waals surface area contributed by atoms with Gasteiger partial charge in [0.25, 0.3) is 0 Å². The van der Waals surface area contributed by atoms with Crippen LogP contribution in [0, 0.1) is 0 Å². The van der Waals surface area contributed by atoms with Crippen LogP contribution in [0.5, 0.6) is 0 Å². The molecule has 15 heavy (non-hydrogen) atoms. The fraction of sp³-hybridized carbons (Fsp3) is 1.00. The molecule has 1 rings (SSSR count). The first-order chi connectivity index (χ1) is 7.43. The summed E-state index contributed by atoms with van der Waals surface area (Å²) in [5, 5.41) is 12.0. The van der Waals surface area contributed by atoms with Gasteiger partial charge in [0.05, 0.1) is 6.10 Å². The lowest BCUT2D eigenvalue weighted by Crippen LogP contribution is -2.25. The Bertz CT molecular complexity index is 136. The van der Waals surface area contributed by atoms with Gasteiger partial charge in [-0.15, -0.1) is 0 Å². The van der Waals surface area contributed by atoms with Crippen LogP contribution in [0.15, 0.2) is 0 Å². The van der Waals surface area contributed by atoms with E-state index in [0.717, 1.165) is 39.0 Å². The van der Waals surface area contributed by atoms with Gasteiger partial charge in [-0.1, -0.05) is 0 Å². The molecule has 0 bridgehead atoms. The maximum atomic E-state index is 8.60. The lowest BCUT2D eigenvalue weighted by atomic mass is 10.1. The molecular weight excluding hydrogens is 190 g/mol. The number of rotatable bonds is 8. The third kappa shape index (κ3) is 6.88. The molecule has 1 heterocycles. The maximum absolute atomic E-state index is 8.60. The summed E-state index contributed by atoms with van der Waals surface area (Å²) in [6.07, 6.45) is 8.71. The minimum atomic E-state index is 0.329. The van der Waals surface area contributed by atoms with Crippen LogP contribution in [-0.4, -0.2) is 37.5 Å². The largest absolute Gasteiger partial charge is 0.396 e. The molecule has 90 valence electrons. The highest BCUT2D eigenvalue weighted by atomic mass is 16.5. The Morgan fingerprint density at radius 1 is 1.13 bits per heavy atom. The third-order valence-electron chi connectivity index (χ3n) is 2.93. The molecule has 1 aliphatic rings. The summed E-state index contributed by atoms with van der Waals surface area (Å²) in [6, 6.07) is 0. The number of hydrogen-bond donors (Lipinski definition) is 2. The van der Waals surface area contributed by atoms with E-state index in [2.05, 4.69) is 5.32 Å². The molecule has 0 aromatic carbocycles. The van der Waals surface area contributed by atoms with Crippen molar-refractivity contribution in [3.05, 3.63) is 0 Å². The summed E-state index contributed by atoms with van der Waals surface area (Å²) in [7, 11) is 0. The van der Waals surface area contributed by atoms with Gasteiger partial charge in [-0.05, 0) is 58.0 Å². The van der Waals surface area contributed by atoms with Gasteiger partial charge in [-0.25, -0.2) is 0 Å². The molecule has 1 aliphatic heterocycles. The van der Waals surface area contributed by atoms with Crippen LogP contribution in [0.4, 0.5) is 0 Å². The Balaban J connectivity index is 1.79. The first-order valence-electron chi connectivity index (χ1n) is 6.36. The smallest absolute Gasteiger partial charge is 0.0587 e. The van der Waals surface area contributed by atoms with Crippen molar-refractivity contribution in [2.24, 2.45) is 0 Å². The van der Waals surface area contributed by atoms with Crippen molar-refractivity contribution in [3.63, 3.8) is 0 Å². The zero-order valence-corrected chi connectivity index (χ0v) is 9.71. The first-order valence-corrected chi connectivity index (χ1v) is 6.36. The van der Waals surface area contributed by atoms with E-state index in [1.807, 2.05) is 0 Å². The molecule has 0 amide bonds. The number of unbranched alkanes of at least 4 members (excludes halogenated alkanes) is 2. The van der Waals surface area contributed by atoms with Crippen molar-refractivity contribution in [2.45, 2.75) is 51.0 Å². The molecule has 3 heteroatoms. The topological polar surface area (TPSA) is 41.5 Å². The standard InChI is InChI=1S/C12H25NO2/c14-10-4-1-3-8-13-9-7-12-6-2-5-11-15-12/h12-14H,1-11H2. The average molecular weight is 215 g/mol. The van der Waals surface area contributed by atoms with E-state index in [1.54, 1.807) is 0 Å². The van der Waals surface area contributed by atoms with Gasteiger partial charge in [0.2, 0.25) is 0 Å². The van der Waals surface area contributed by atoms with Crippen molar-refractivity contribution in [1.29, 1.82) is 0 Å². The van der Waals surface area contributed by atoms with Crippen molar-refractivity contribution < 1.29 is 9.84 Å². The third-order valence-corrected chi connectivity index (χ3v) is 2.93. The molecule has 1 atom stereocenters. The minimum Gasteiger partial charge on any atom is -0.396 e. The SMILES string of the molecule is OCCCCCNCCC1CCCCO1. The van der Waals surface area contributed by atoms with E-state index in [0.29, 0.717) is 12.7 Å². The van der Waals surface area contributed by atoms with Crippen LogP contribution in [-0.2, 0) is 4.74 Å². The summed E-state index contributed by atoms with van der Waals surface area (Å²) in [4.78, 5) is 0. The lowest BCUT2D eigenvalue weighted by molar-refractivity contribution is 0.0116. The number of aliphatic hydroxyl groups is 1. The van der Waals surface area contributed by atoms with Crippen LogP contribution in [0.2, 0.25) is 0 Å². The predicted molar refractivity (Wildman–Crippen MR) is 62.0 cm³/mol. The Morgan fingerprint density at radius 3 is 2.80 bits per heavy atom. The Morgan fingerprint density at radius 2 is 2.07 bits per heavy atom. The van der Waals surface area contributed by atoms with Gasteiger partial charge < -0.3 is 15.2 Å². The maximum Gasteiger partial charge on any atom is 0.0587 e. The van der Waals surface area contributed by atoms with E-state index in [4.69, 9.17) is 9.84 Å². The van der Waals surface area contributed by atoms with Crippen LogP contribution in [0.25, 0.3) is 0 Å². The second-order valence-electron chi connectivity index (χ2n) is 4.31. The lowest BCUT2D eigenvalue weighted by Gasteiger charge is -2.22. The van der Waals surface area contributed by atoms with Gasteiger partial charge in [0.15, 0.2) is 0 Å². The van der Waals surface area contributed by atoms with Gasteiger partial charge in [-0.2, -0.15) is 0 Å². The van der Waals surface area contributed by atoms with Crippen LogP contribution in [0.3, 0.4) is 0 Å². The highest BCUT2D eigenvalue weighted by molar-refractivity contribution is 4.64. The quantitative estimate of drug-likeness (QED) is 0.606. The fourth-order valence-electron chi connectivity index (χ4n) is 1.96. The molecule has 0 aromatic rings. The summed E-state index contributed by atoms with van der Waals surface area (Å²) < 4.78 is 5.65. The van der Waals surface area contributed by atoms with Gasteiger partial charge in [0.1, 0.15) is 0 Å². The number of aliphatic hydroxyl groups excluding tert-OH is 1. The zero-order valence-electron chi connectivity index (χ0n) is 9.71. The molecule has 0 saturated carbocycles. The molecule has 0 radical (unpaired) electrons. The zero-order chi connectivity index (χ0) is 10.8. The van der Waals surface area contributed by atoms with Crippen LogP contribution >= 0.6 is 0 Å². The summed E-state index contributed by atoms with van der Waals surface area (Å²) in [6.45, 7) is 3.44. The molecule has 2 N–H and O–H groups in total. The summed E-state index contributed by atoms with van der Waals surface area (Å²) in [5.41, 5.74) is 0. The van der Waals surface area contributed by atoms with E-state index < -0.39 is 0 Å². The highest BCUT2D eigenvalue weighted by Gasteiger charge is 2.12. The van der Waals surface area contributed by atoms with Crippen molar-refractivity contribution in [3.8, 4) is 0 Å². The molecule has 3 nitrogen and oxygen atoms in total. The predicted octanol–water partition coefficient (Wildman–Crippen LogP) is 1.70. The van der Waals surface area contributed by atoms with Gasteiger partial charge in [-0.3, -0.25) is 0 Å². The summed E-state index contributed by atoms with van der Waals surface area (Å²) >= 11 is 0. The first kappa shape index (κ1) is 12.9. The molecule has 1 saturated heterocycles. The van der Waals surface area contributed by atoms with E-state index in [9.17, 15) is 0 Å². The second kappa shape index (κ2) is 9.13. The van der Waals surface area contributed by atoms with Crippen molar-refractivity contribution in [2.75, 3.05) is 26.3 Å². The minimum absolute atomic E-state index is 0.329. The van der Waals surface area contributed by atoms with E-state index in [-0.39, 0.29) is 0 Å². The second-order valence-corrected chi connectivity index (χ2v) is 4.31. The fourth-order valence-corrected chi connectivity index (χ4v) is 1.96. The molecule has 0 aliphatic carbocycles. The monoisotopic (exact) mass is 215 g/mol. The number of hydrogen-bond acceptors (Lipinski definition) is 3. The van der Waals surface area contributed by atoms with Crippen LogP contribution in [0.1, 0.15) is 44.9 Å². The normalized spacial score (nSPS) is 21.8. The summed E-state index contributed by atoms with van der Waals surface area (Å²) in [5.74, 6) is 0.